The lowest BCUT2D eigenvalue weighted by Gasteiger charge is -2.30. The van der Waals surface area contributed by atoms with Crippen molar-refractivity contribution in [2.24, 2.45) is 5.92 Å². The summed E-state index contributed by atoms with van der Waals surface area (Å²) in [5, 5.41) is 0.394. The first kappa shape index (κ1) is 18.1. The maximum atomic E-state index is 12.7. The van der Waals surface area contributed by atoms with Crippen LogP contribution in [0, 0.1) is 12.8 Å². The third-order valence-electron chi connectivity index (χ3n) is 4.59. The van der Waals surface area contributed by atoms with E-state index in [4.69, 9.17) is 11.6 Å². The Morgan fingerprint density at radius 3 is 2.32 bits per heavy atom. The van der Waals surface area contributed by atoms with E-state index in [-0.39, 0.29) is 16.6 Å². The maximum Gasteiger partial charge on any atom is 0.243 e. The highest BCUT2D eigenvalue weighted by atomic mass is 35.5. The van der Waals surface area contributed by atoms with Crippen molar-refractivity contribution in [1.29, 1.82) is 0 Å². The smallest absolute Gasteiger partial charge is 0.243 e. The second kappa shape index (κ2) is 7.28. The molecule has 1 heterocycles. The molecule has 0 saturated carbocycles. The SMILES string of the molecule is Cc1ccc(C(=O)C2CCN(S(=O)(=O)c3cccc(Cl)c3)CC2)cc1. The van der Waals surface area contributed by atoms with Crippen molar-refractivity contribution in [3.05, 3.63) is 64.7 Å². The van der Waals surface area contributed by atoms with Crippen LogP contribution >= 0.6 is 11.6 Å². The Morgan fingerprint density at radius 2 is 1.72 bits per heavy atom. The molecule has 0 amide bonds. The Hall–Kier alpha value is -1.69. The maximum absolute atomic E-state index is 12.7. The van der Waals surface area contributed by atoms with Crippen molar-refractivity contribution in [2.75, 3.05) is 13.1 Å². The quantitative estimate of drug-likeness (QED) is 0.758. The van der Waals surface area contributed by atoms with Crippen LogP contribution in [0.3, 0.4) is 0 Å². The van der Waals surface area contributed by atoms with Crippen LogP contribution < -0.4 is 0 Å². The minimum absolute atomic E-state index is 0.0970. The van der Waals surface area contributed by atoms with Gasteiger partial charge in [-0.2, -0.15) is 4.31 Å². The minimum Gasteiger partial charge on any atom is -0.294 e. The van der Waals surface area contributed by atoms with Crippen molar-refractivity contribution < 1.29 is 13.2 Å². The third-order valence-corrected chi connectivity index (χ3v) is 6.72. The molecule has 1 fully saturated rings. The van der Waals surface area contributed by atoms with Gasteiger partial charge < -0.3 is 0 Å². The van der Waals surface area contributed by atoms with Gasteiger partial charge in [-0.05, 0) is 38.0 Å². The highest BCUT2D eigenvalue weighted by Gasteiger charge is 2.32. The molecule has 0 aliphatic carbocycles. The van der Waals surface area contributed by atoms with Gasteiger partial charge in [0.25, 0.3) is 0 Å². The summed E-state index contributed by atoms with van der Waals surface area (Å²) in [6.45, 7) is 2.67. The van der Waals surface area contributed by atoms with Gasteiger partial charge in [-0.15, -0.1) is 0 Å². The minimum atomic E-state index is -3.57. The Kier molecular flexibility index (Phi) is 5.27. The molecule has 6 heteroatoms. The number of sulfonamides is 1. The van der Waals surface area contributed by atoms with Crippen LogP contribution in [0.4, 0.5) is 0 Å². The first-order valence-electron chi connectivity index (χ1n) is 8.24. The zero-order valence-corrected chi connectivity index (χ0v) is 15.6. The molecule has 1 aliphatic rings. The van der Waals surface area contributed by atoms with Crippen LogP contribution in [0.2, 0.25) is 5.02 Å². The van der Waals surface area contributed by atoms with E-state index in [9.17, 15) is 13.2 Å². The molecule has 0 radical (unpaired) electrons. The van der Waals surface area contributed by atoms with Crippen molar-refractivity contribution in [1.82, 2.24) is 4.31 Å². The van der Waals surface area contributed by atoms with Crippen molar-refractivity contribution in [2.45, 2.75) is 24.7 Å². The number of rotatable bonds is 4. The van der Waals surface area contributed by atoms with Gasteiger partial charge in [0.1, 0.15) is 0 Å². The van der Waals surface area contributed by atoms with E-state index < -0.39 is 10.0 Å². The zero-order chi connectivity index (χ0) is 18.0. The standard InChI is InChI=1S/C19H20ClNO3S/c1-14-5-7-15(8-6-14)19(22)16-9-11-21(12-10-16)25(23,24)18-4-2-3-17(20)13-18/h2-8,13,16H,9-12H2,1H3. The molecular formula is C19H20ClNO3S. The lowest BCUT2D eigenvalue weighted by Crippen LogP contribution is -2.40. The highest BCUT2D eigenvalue weighted by molar-refractivity contribution is 7.89. The fourth-order valence-corrected chi connectivity index (χ4v) is 4.86. The molecular weight excluding hydrogens is 358 g/mol. The molecule has 1 saturated heterocycles. The highest BCUT2D eigenvalue weighted by Crippen LogP contribution is 2.27. The van der Waals surface area contributed by atoms with Crippen molar-refractivity contribution in [3.8, 4) is 0 Å². The second-order valence-electron chi connectivity index (χ2n) is 6.37. The number of ketones is 1. The second-order valence-corrected chi connectivity index (χ2v) is 8.74. The van der Waals surface area contributed by atoms with Crippen LogP contribution in [0.15, 0.2) is 53.4 Å². The number of Topliss-reactive ketones (excluding diaryl/α,β-unsaturated/α-hetero) is 1. The summed E-state index contributed by atoms with van der Waals surface area (Å²) < 4.78 is 26.9. The lowest BCUT2D eigenvalue weighted by molar-refractivity contribution is 0.0875. The predicted octanol–water partition coefficient (Wildman–Crippen LogP) is 3.93. The van der Waals surface area contributed by atoms with Crippen molar-refractivity contribution >= 4 is 27.4 Å². The van der Waals surface area contributed by atoms with Gasteiger partial charge in [0.05, 0.1) is 4.90 Å². The van der Waals surface area contributed by atoms with E-state index >= 15 is 0 Å². The molecule has 0 bridgehead atoms. The molecule has 0 atom stereocenters. The molecule has 3 rings (SSSR count). The van der Waals surface area contributed by atoms with Crippen LogP contribution in [-0.4, -0.2) is 31.6 Å². The Bertz CT molecular complexity index is 870. The molecule has 2 aromatic rings. The van der Waals surface area contributed by atoms with Crippen molar-refractivity contribution in [3.63, 3.8) is 0 Å². The summed E-state index contributed by atoms with van der Waals surface area (Å²) in [5.74, 6) is -0.0340. The van der Waals surface area contributed by atoms with Crippen LogP contribution in [0.1, 0.15) is 28.8 Å². The van der Waals surface area contributed by atoms with Crippen LogP contribution in [0.5, 0.6) is 0 Å². The van der Waals surface area contributed by atoms with Gasteiger partial charge in [-0.3, -0.25) is 4.79 Å². The Balaban J connectivity index is 1.69. The number of hydrogen-bond donors (Lipinski definition) is 0. The molecule has 2 aromatic carbocycles. The van der Waals surface area contributed by atoms with Gasteiger partial charge in [0, 0.05) is 29.6 Å². The topological polar surface area (TPSA) is 54.5 Å². The average Bonchev–Trinajstić information content (AvgIpc) is 2.62. The molecule has 0 aromatic heterocycles. The number of piperidine rings is 1. The molecule has 25 heavy (non-hydrogen) atoms. The Morgan fingerprint density at radius 1 is 1.08 bits per heavy atom. The number of benzene rings is 2. The average molecular weight is 378 g/mol. The number of carbonyl (C=O) groups excluding carboxylic acids is 1. The first-order valence-corrected chi connectivity index (χ1v) is 10.1. The molecule has 4 nitrogen and oxygen atoms in total. The van der Waals surface area contributed by atoms with Crippen LogP contribution in [-0.2, 0) is 10.0 Å². The van der Waals surface area contributed by atoms with E-state index in [1.54, 1.807) is 18.2 Å². The summed E-state index contributed by atoms with van der Waals surface area (Å²) in [5.41, 5.74) is 1.81. The summed E-state index contributed by atoms with van der Waals surface area (Å²) in [6.07, 6.45) is 1.07. The molecule has 0 N–H and O–H groups in total. The van der Waals surface area contributed by atoms with E-state index in [1.807, 2.05) is 31.2 Å². The number of carbonyl (C=O) groups is 1. The van der Waals surface area contributed by atoms with E-state index in [2.05, 4.69) is 0 Å². The van der Waals surface area contributed by atoms with Gasteiger partial charge >= 0.3 is 0 Å². The summed E-state index contributed by atoms with van der Waals surface area (Å²) in [4.78, 5) is 12.8. The van der Waals surface area contributed by atoms with E-state index in [0.29, 0.717) is 36.5 Å². The monoisotopic (exact) mass is 377 g/mol. The molecule has 1 aliphatic heterocycles. The first-order chi connectivity index (χ1) is 11.9. The van der Waals surface area contributed by atoms with Gasteiger partial charge in [0.15, 0.2) is 5.78 Å². The fourth-order valence-electron chi connectivity index (χ4n) is 3.09. The molecule has 0 unspecified atom stereocenters. The number of nitrogens with zero attached hydrogens (tertiary/aromatic N) is 1. The molecule has 132 valence electrons. The van der Waals surface area contributed by atoms with E-state index in [1.165, 1.54) is 10.4 Å². The third kappa shape index (κ3) is 3.94. The number of halogens is 1. The fraction of sp³-hybridized carbons (Fsp3) is 0.316. The van der Waals surface area contributed by atoms with Crippen LogP contribution in [0.25, 0.3) is 0 Å². The Labute approximate surface area is 153 Å². The van der Waals surface area contributed by atoms with Gasteiger partial charge in [0.2, 0.25) is 10.0 Å². The van der Waals surface area contributed by atoms with Gasteiger partial charge in [-0.25, -0.2) is 8.42 Å². The number of aryl methyl sites for hydroxylation is 1. The summed E-state index contributed by atoms with van der Waals surface area (Å²) in [7, 11) is -3.57. The molecule has 0 spiro atoms. The lowest BCUT2D eigenvalue weighted by atomic mass is 9.89. The summed E-state index contributed by atoms with van der Waals surface area (Å²) >= 11 is 5.91. The zero-order valence-electron chi connectivity index (χ0n) is 14.0. The van der Waals surface area contributed by atoms with Gasteiger partial charge in [-0.1, -0.05) is 47.5 Å². The normalized spacial score (nSPS) is 16.7. The predicted molar refractivity (Wildman–Crippen MR) is 98.4 cm³/mol. The largest absolute Gasteiger partial charge is 0.294 e. The number of hydrogen-bond acceptors (Lipinski definition) is 3. The van der Waals surface area contributed by atoms with E-state index in [0.717, 1.165) is 5.56 Å². The summed E-state index contributed by atoms with van der Waals surface area (Å²) in [6, 6.07) is 13.8.